The topological polar surface area (TPSA) is 102 Å². The Morgan fingerprint density at radius 3 is 1.18 bits per heavy atom. The first-order valence-electron chi connectivity index (χ1n) is 26.9. The fourth-order valence-electron chi connectivity index (χ4n) is 7.32. The van der Waals surface area contributed by atoms with E-state index in [0.717, 1.165) is 89.9 Å². The number of quaternary nitrogens is 1. The molecule has 0 bridgehead atoms. The summed E-state index contributed by atoms with van der Waals surface area (Å²) in [5.41, 5.74) is 0. The van der Waals surface area contributed by atoms with Gasteiger partial charge in [0.15, 0.2) is 6.10 Å². The van der Waals surface area contributed by atoms with Crippen LogP contribution in [0.3, 0.4) is 0 Å². The number of carboxylic acids is 1. The number of hydrogen-bond donors (Lipinski definition) is 0. The minimum Gasteiger partial charge on any atom is -0.544 e. The molecule has 0 radical (unpaired) electrons. The molecular weight excluding hydrogens is 847 g/mol. The first-order valence-corrected chi connectivity index (χ1v) is 26.9. The molecule has 386 valence electrons. The van der Waals surface area contributed by atoms with Crippen LogP contribution >= 0.6 is 0 Å². The minimum atomic E-state index is -1.13. The zero-order valence-electron chi connectivity index (χ0n) is 44.0. The largest absolute Gasteiger partial charge is 0.544 e. The second-order valence-corrected chi connectivity index (χ2v) is 18.7. The molecule has 0 saturated heterocycles. The normalized spacial score (nSPS) is 13.7. The summed E-state index contributed by atoms with van der Waals surface area (Å²) < 4.78 is 17.2. The Morgan fingerprint density at radius 1 is 0.441 bits per heavy atom. The number of carbonyl (C=O) groups is 3. The van der Waals surface area contributed by atoms with Crippen molar-refractivity contribution in [3.8, 4) is 0 Å². The van der Waals surface area contributed by atoms with E-state index in [1.165, 1.54) is 70.6 Å². The van der Waals surface area contributed by atoms with Crippen LogP contribution in [0.2, 0.25) is 0 Å². The molecule has 0 aromatic carbocycles. The second-order valence-electron chi connectivity index (χ2n) is 18.7. The molecule has 0 aliphatic carbocycles. The number of hydrogen-bond acceptors (Lipinski definition) is 7. The average molecular weight is 946 g/mol. The van der Waals surface area contributed by atoms with Crippen molar-refractivity contribution in [1.82, 2.24) is 0 Å². The van der Waals surface area contributed by atoms with Crippen LogP contribution in [0.1, 0.15) is 200 Å². The van der Waals surface area contributed by atoms with Gasteiger partial charge < -0.3 is 28.6 Å². The predicted molar refractivity (Wildman–Crippen MR) is 286 cm³/mol. The summed E-state index contributed by atoms with van der Waals surface area (Å²) in [6.45, 7) is 4.39. The molecule has 0 heterocycles. The number of likely N-dealkylation sites (N-methyl/N-ethyl adjacent to an activating group) is 1. The maximum Gasteiger partial charge on any atom is 0.306 e. The number of aliphatic carboxylic acids is 1. The smallest absolute Gasteiger partial charge is 0.306 e. The lowest BCUT2D eigenvalue weighted by atomic mass is 10.0. The summed E-state index contributed by atoms with van der Waals surface area (Å²) >= 11 is 0. The molecule has 0 aromatic heterocycles. The molecule has 0 amide bonds. The molecule has 0 aromatic rings. The highest BCUT2D eigenvalue weighted by Gasteiger charge is 2.25. The average Bonchev–Trinajstić information content (AvgIpc) is 3.30. The van der Waals surface area contributed by atoms with E-state index in [4.69, 9.17) is 14.2 Å². The van der Waals surface area contributed by atoms with E-state index < -0.39 is 18.1 Å². The molecule has 0 N–H and O–H groups in total. The highest BCUT2D eigenvalue weighted by molar-refractivity contribution is 5.70. The molecule has 0 aliphatic heterocycles. The third kappa shape index (κ3) is 47.1. The number of allylic oxidation sites excluding steroid dienone is 18. The molecule has 68 heavy (non-hydrogen) atoms. The van der Waals surface area contributed by atoms with Crippen LogP contribution in [-0.2, 0) is 28.6 Å². The molecular formula is C60H99NO7. The van der Waals surface area contributed by atoms with Crippen molar-refractivity contribution in [3.05, 3.63) is 109 Å². The SMILES string of the molecule is CC/C=C/C/C=C/C/C=C/C/C=C/C/C=C/C/C=C/CCCCC(=O)OCC(COCCC(C(=O)[O-])[N+](C)(C)C)OC(=O)CCCCCCCCCCCCCCC/C=C/C/C=C/C/C=C/CC. The van der Waals surface area contributed by atoms with Gasteiger partial charge in [0.25, 0.3) is 0 Å². The maximum atomic E-state index is 12.8. The number of carbonyl (C=O) groups excluding carboxylic acids is 3. The Balaban J connectivity index is 4.30. The lowest BCUT2D eigenvalue weighted by Gasteiger charge is -2.34. The maximum absolute atomic E-state index is 12.8. The molecule has 0 spiro atoms. The monoisotopic (exact) mass is 946 g/mol. The molecule has 2 unspecified atom stereocenters. The molecule has 0 saturated carbocycles. The summed E-state index contributed by atoms with van der Waals surface area (Å²) in [4.78, 5) is 37.1. The van der Waals surface area contributed by atoms with Gasteiger partial charge in [0.2, 0.25) is 0 Å². The Kier molecular flexibility index (Phi) is 46.5. The molecule has 8 heteroatoms. The molecule has 2 atom stereocenters. The number of carboxylic acid groups (broad SMARTS) is 1. The van der Waals surface area contributed by atoms with Gasteiger partial charge in [-0.15, -0.1) is 0 Å². The van der Waals surface area contributed by atoms with Gasteiger partial charge in [0, 0.05) is 19.3 Å². The van der Waals surface area contributed by atoms with Gasteiger partial charge in [-0.25, -0.2) is 0 Å². The number of ether oxygens (including phenoxy) is 3. The summed E-state index contributed by atoms with van der Waals surface area (Å²) in [6, 6.07) is -0.740. The van der Waals surface area contributed by atoms with Gasteiger partial charge in [-0.3, -0.25) is 9.59 Å². The van der Waals surface area contributed by atoms with Crippen LogP contribution < -0.4 is 5.11 Å². The van der Waals surface area contributed by atoms with E-state index in [9.17, 15) is 19.5 Å². The first-order chi connectivity index (χ1) is 33.1. The third-order valence-electron chi connectivity index (χ3n) is 11.4. The lowest BCUT2D eigenvalue weighted by molar-refractivity contribution is -0.889. The number of nitrogens with zero attached hydrogens (tertiary/aromatic N) is 1. The van der Waals surface area contributed by atoms with Crippen LogP contribution in [-0.4, -0.2) is 75.5 Å². The van der Waals surface area contributed by atoms with Crippen LogP contribution in [0, 0.1) is 0 Å². The van der Waals surface area contributed by atoms with Gasteiger partial charge >= 0.3 is 11.9 Å². The minimum absolute atomic E-state index is 0.0202. The standard InChI is InChI=1S/C60H99NO7/c1-6-8-10-12-14-16-18-20-22-24-26-28-29-31-33-35-37-39-41-43-45-47-49-51-59(63)68-56(54-66-53-52-57(60(64)65)61(3,4)5)55-67-58(62)50-48-46-44-42-40-38-36-34-32-30-27-25-23-21-19-17-15-13-11-9-7-2/h8-11,14-17,20-23,27,30,34,36,40,42,56-57H,6-7,12-13,18-19,24-26,28-29,31-33,35,37-39,41,43-55H2,1-5H3/b10-8+,11-9+,16-14+,17-15+,22-20+,23-21+,30-27+,36-34+,42-40+. The van der Waals surface area contributed by atoms with Crippen LogP contribution in [0.15, 0.2) is 109 Å². The molecule has 8 nitrogen and oxygen atoms in total. The first kappa shape index (κ1) is 64.0. The zero-order valence-corrected chi connectivity index (χ0v) is 44.0. The van der Waals surface area contributed by atoms with Crippen molar-refractivity contribution in [3.63, 3.8) is 0 Å². The van der Waals surface area contributed by atoms with Crippen molar-refractivity contribution in [1.29, 1.82) is 0 Å². The fourth-order valence-corrected chi connectivity index (χ4v) is 7.32. The number of esters is 2. The van der Waals surface area contributed by atoms with E-state index in [1.54, 1.807) is 21.1 Å². The Bertz CT molecular complexity index is 1470. The summed E-state index contributed by atoms with van der Waals surface area (Å²) in [5, 5.41) is 11.7. The van der Waals surface area contributed by atoms with E-state index in [-0.39, 0.29) is 49.1 Å². The third-order valence-corrected chi connectivity index (χ3v) is 11.4. The highest BCUT2D eigenvalue weighted by atomic mass is 16.6. The van der Waals surface area contributed by atoms with Gasteiger partial charge in [-0.2, -0.15) is 0 Å². The van der Waals surface area contributed by atoms with Crippen molar-refractivity contribution in [2.75, 3.05) is 41.0 Å². The highest BCUT2D eigenvalue weighted by Crippen LogP contribution is 2.15. The second kappa shape index (κ2) is 49.4. The lowest BCUT2D eigenvalue weighted by Crippen LogP contribution is -2.55. The summed E-state index contributed by atoms with van der Waals surface area (Å²) in [5.74, 6) is -1.80. The van der Waals surface area contributed by atoms with E-state index in [0.29, 0.717) is 12.8 Å². The van der Waals surface area contributed by atoms with Gasteiger partial charge in [0.1, 0.15) is 12.6 Å². The summed E-state index contributed by atoms with van der Waals surface area (Å²) in [7, 11) is 5.40. The van der Waals surface area contributed by atoms with Crippen molar-refractivity contribution in [2.24, 2.45) is 0 Å². The quantitative estimate of drug-likeness (QED) is 0.0259. The predicted octanol–water partition coefficient (Wildman–Crippen LogP) is 14.6. The van der Waals surface area contributed by atoms with Crippen LogP contribution in [0.4, 0.5) is 0 Å². The van der Waals surface area contributed by atoms with Crippen molar-refractivity contribution in [2.45, 2.75) is 212 Å². The molecule has 0 fully saturated rings. The fraction of sp³-hybridized carbons (Fsp3) is 0.650. The van der Waals surface area contributed by atoms with E-state index >= 15 is 0 Å². The molecule has 0 rings (SSSR count). The van der Waals surface area contributed by atoms with Crippen molar-refractivity contribution < 1.29 is 38.2 Å². The van der Waals surface area contributed by atoms with E-state index in [2.05, 4.69) is 123 Å². The number of rotatable bonds is 47. The van der Waals surface area contributed by atoms with Crippen molar-refractivity contribution >= 4 is 17.9 Å². The zero-order chi connectivity index (χ0) is 49.9. The van der Waals surface area contributed by atoms with Gasteiger partial charge in [0.05, 0.1) is 40.3 Å². The molecule has 0 aliphatic rings. The van der Waals surface area contributed by atoms with Crippen LogP contribution in [0.5, 0.6) is 0 Å². The Labute approximate surface area is 417 Å². The van der Waals surface area contributed by atoms with Gasteiger partial charge in [-0.05, 0) is 96.3 Å². The Hall–Kier alpha value is -4.01. The number of unbranched alkanes of at least 4 members (excludes halogenated alkanes) is 15. The summed E-state index contributed by atoms with van der Waals surface area (Å²) in [6.07, 6.45) is 68.4. The van der Waals surface area contributed by atoms with Crippen LogP contribution in [0.25, 0.3) is 0 Å². The Morgan fingerprint density at radius 2 is 0.779 bits per heavy atom. The van der Waals surface area contributed by atoms with E-state index in [1.807, 2.05) is 0 Å². The van der Waals surface area contributed by atoms with Gasteiger partial charge in [-0.1, -0.05) is 194 Å².